The van der Waals surface area contributed by atoms with Crippen LogP contribution >= 0.6 is 0 Å². The zero-order chi connectivity index (χ0) is 58.9. The second-order valence-corrected chi connectivity index (χ2v) is 25.2. The molecule has 0 unspecified atom stereocenters. The summed E-state index contributed by atoms with van der Waals surface area (Å²) in [5.74, 6) is 5.91. The van der Waals surface area contributed by atoms with Crippen LogP contribution < -0.4 is 0 Å². The Balaban J connectivity index is 0.000000201. The van der Waals surface area contributed by atoms with Gasteiger partial charge in [0.05, 0.1) is 46.5 Å². The Morgan fingerprint density at radius 1 is 0.305 bits per heavy atom. The van der Waals surface area contributed by atoms with Crippen LogP contribution in [-0.4, -0.2) is 0 Å². The molecule has 0 N–H and O–H groups in total. The van der Waals surface area contributed by atoms with Crippen LogP contribution in [0, 0.1) is 116 Å². The molecule has 0 amide bonds. The van der Waals surface area contributed by atoms with Crippen LogP contribution in [0.3, 0.4) is 0 Å². The molecule has 4 saturated carbocycles. The largest absolute Gasteiger partial charge is 0.207 e. The van der Waals surface area contributed by atoms with E-state index in [1.807, 2.05) is 24.3 Å². The molecular weight excluding hydrogens is 1020 g/mol. The van der Waals surface area contributed by atoms with Crippen molar-refractivity contribution in [2.75, 3.05) is 0 Å². The molecule has 0 heterocycles. The van der Waals surface area contributed by atoms with Gasteiger partial charge in [-0.15, -0.1) is 0 Å². The van der Waals surface area contributed by atoms with Crippen molar-refractivity contribution in [1.29, 1.82) is 21.0 Å². The van der Waals surface area contributed by atoms with E-state index in [-0.39, 0.29) is 23.3 Å². The Labute approximate surface area is 494 Å². The molecule has 4 aromatic rings. The second-order valence-electron chi connectivity index (χ2n) is 25.2. The second kappa shape index (κ2) is 38.4. The maximum Gasteiger partial charge on any atom is 0.127 e. The standard InChI is InChI=1S/C20H28FN.C19H26FN.C18H24FN.C17H22FN/c1-2-3-4-5-16-6-8-17(9-7-16)10-12-19-13-11-18(15-22)14-20(19)21;1-2-3-4-15-5-7-16(8-6-15)9-11-18-12-10-17(14-21)13-19(18)20;1-2-3-14-4-6-15(7-5-14)8-10-17-11-9-16(13-20)12-18(17)19;1-2-13-3-5-14(6-4-13)7-9-16-10-8-15(12-19)11-17(16)18/h11,13-14,16-17H,2-10,12H2,1H3;10,12-13,15-16H,2-9,11H2,1H3;9,11-12,14-15H,2-8,10H2,1H3;8,10-11,13-14H,2-7,9H2,1H3/t;;;13-,14-. The summed E-state index contributed by atoms with van der Waals surface area (Å²) in [6, 6.07) is 27.3. The lowest BCUT2D eigenvalue weighted by Crippen LogP contribution is -2.15. The van der Waals surface area contributed by atoms with E-state index in [2.05, 4.69) is 27.7 Å². The summed E-state index contributed by atoms with van der Waals surface area (Å²) in [5.41, 5.74) is 4.69. The number of halogens is 4. The van der Waals surface area contributed by atoms with Gasteiger partial charge in [-0.1, -0.05) is 219 Å². The first-order chi connectivity index (χ1) is 39.9. The zero-order valence-corrected chi connectivity index (χ0v) is 50.9. The average molecular weight is 1120 g/mol. The van der Waals surface area contributed by atoms with Gasteiger partial charge in [0, 0.05) is 0 Å². The lowest BCUT2D eigenvalue weighted by Gasteiger charge is -2.28. The molecule has 4 fully saturated rings. The molecule has 0 aliphatic heterocycles. The number of unbranched alkanes of at least 4 members (excludes halogenated alkanes) is 3. The van der Waals surface area contributed by atoms with Crippen molar-refractivity contribution in [1.82, 2.24) is 0 Å². The van der Waals surface area contributed by atoms with Gasteiger partial charge >= 0.3 is 0 Å². The average Bonchev–Trinajstić information content (AvgIpc) is 3.52. The fraction of sp³-hybridized carbons (Fsp3) is 0.622. The smallest absolute Gasteiger partial charge is 0.127 e. The highest BCUT2D eigenvalue weighted by atomic mass is 19.1. The normalized spacial score (nSPS) is 22.2. The molecule has 0 spiro atoms. The fourth-order valence-electron chi connectivity index (χ4n) is 13.7. The van der Waals surface area contributed by atoms with Gasteiger partial charge in [-0.25, -0.2) is 17.6 Å². The number of benzene rings is 4. The van der Waals surface area contributed by atoms with Crippen molar-refractivity contribution in [2.24, 2.45) is 47.3 Å². The number of nitrogens with zero attached hydrogens (tertiary/aromatic N) is 4. The van der Waals surface area contributed by atoms with Crippen LogP contribution in [0.2, 0.25) is 0 Å². The van der Waals surface area contributed by atoms with Gasteiger partial charge in [0.1, 0.15) is 23.3 Å². The molecule has 0 bridgehead atoms. The number of nitriles is 4. The first-order valence-corrected chi connectivity index (χ1v) is 32.6. The highest BCUT2D eigenvalue weighted by Crippen LogP contribution is 2.38. The first-order valence-electron chi connectivity index (χ1n) is 32.6. The third kappa shape index (κ3) is 24.4. The van der Waals surface area contributed by atoms with E-state index in [9.17, 15) is 17.6 Å². The van der Waals surface area contributed by atoms with Crippen LogP contribution in [0.25, 0.3) is 0 Å². The molecule has 0 atom stereocenters. The SMILES string of the molecule is CCCC1CCC(CCc2ccc(C#N)cc2F)CC1.CCCCC1CCC(CCc2ccc(C#N)cc2F)CC1.CCCCCC1CCC(CCc2ccc(C#N)cc2F)CC1.CC[C@H]1CC[C@H](CCc2ccc(C#N)cc2F)CC1. The summed E-state index contributed by atoms with van der Waals surface area (Å²) >= 11 is 0. The third-order valence-corrected chi connectivity index (χ3v) is 19.3. The van der Waals surface area contributed by atoms with Crippen molar-refractivity contribution in [3.8, 4) is 24.3 Å². The van der Waals surface area contributed by atoms with E-state index in [0.717, 1.165) is 121 Å². The Bertz CT molecular complexity index is 2620. The first kappa shape index (κ1) is 67.4. The summed E-state index contributed by atoms with van der Waals surface area (Å²) in [5, 5.41) is 35.0. The minimum absolute atomic E-state index is 0.215. The Hall–Kier alpha value is -5.44. The summed E-state index contributed by atoms with van der Waals surface area (Å²) in [6.45, 7) is 9.06. The monoisotopic (exact) mass is 1120 g/mol. The molecule has 4 aliphatic rings. The zero-order valence-electron chi connectivity index (χ0n) is 50.9. The highest BCUT2D eigenvalue weighted by molar-refractivity contribution is 5.35. The number of hydrogen-bond donors (Lipinski definition) is 0. The van der Waals surface area contributed by atoms with Crippen molar-refractivity contribution < 1.29 is 17.6 Å². The molecule has 0 aromatic heterocycles. The molecule has 8 heteroatoms. The number of aryl methyl sites for hydroxylation is 4. The van der Waals surface area contributed by atoms with E-state index in [1.54, 1.807) is 48.5 Å². The molecule has 4 nitrogen and oxygen atoms in total. The van der Waals surface area contributed by atoms with Crippen LogP contribution in [0.1, 0.15) is 265 Å². The predicted octanol–water partition coefficient (Wildman–Crippen LogP) is 21.7. The van der Waals surface area contributed by atoms with Gasteiger partial charge in [0.25, 0.3) is 0 Å². The van der Waals surface area contributed by atoms with Crippen LogP contribution in [-0.2, 0) is 25.7 Å². The number of hydrogen-bond acceptors (Lipinski definition) is 4. The Morgan fingerprint density at radius 2 is 0.549 bits per heavy atom. The molecule has 4 aliphatic carbocycles. The Kier molecular flexibility index (Phi) is 31.6. The summed E-state index contributed by atoms with van der Waals surface area (Å²) in [7, 11) is 0. The fourth-order valence-corrected chi connectivity index (χ4v) is 13.7. The summed E-state index contributed by atoms with van der Waals surface area (Å²) in [4.78, 5) is 0. The highest BCUT2D eigenvalue weighted by Gasteiger charge is 2.24. The molecule has 0 saturated heterocycles. The lowest BCUT2D eigenvalue weighted by atomic mass is 9.78. The van der Waals surface area contributed by atoms with E-state index >= 15 is 0 Å². The summed E-state index contributed by atoms with van der Waals surface area (Å²) in [6.07, 6.45) is 42.4. The number of rotatable bonds is 22. The topological polar surface area (TPSA) is 95.2 Å². The van der Waals surface area contributed by atoms with Gasteiger partial charge < -0.3 is 0 Å². The minimum Gasteiger partial charge on any atom is -0.207 e. The quantitative estimate of drug-likeness (QED) is 0.0579. The Morgan fingerprint density at radius 3 is 0.780 bits per heavy atom. The van der Waals surface area contributed by atoms with Gasteiger partial charge in [0.2, 0.25) is 0 Å². The molecule has 82 heavy (non-hydrogen) atoms. The predicted molar refractivity (Wildman–Crippen MR) is 328 cm³/mol. The van der Waals surface area contributed by atoms with Gasteiger partial charge in [-0.05, 0) is 169 Å². The van der Waals surface area contributed by atoms with Crippen molar-refractivity contribution in [2.45, 2.75) is 246 Å². The maximum atomic E-state index is 13.9. The van der Waals surface area contributed by atoms with E-state index in [1.165, 1.54) is 191 Å². The van der Waals surface area contributed by atoms with E-state index < -0.39 is 0 Å². The molecular formula is C74H100F4N4. The molecule has 0 radical (unpaired) electrons. The van der Waals surface area contributed by atoms with Gasteiger partial charge in [0.15, 0.2) is 0 Å². The van der Waals surface area contributed by atoms with Crippen LogP contribution in [0.4, 0.5) is 17.6 Å². The molecule has 444 valence electrons. The van der Waals surface area contributed by atoms with Gasteiger partial charge in [-0.3, -0.25) is 0 Å². The van der Waals surface area contributed by atoms with Crippen molar-refractivity contribution >= 4 is 0 Å². The molecule has 8 rings (SSSR count). The van der Waals surface area contributed by atoms with Crippen LogP contribution in [0.15, 0.2) is 72.8 Å². The summed E-state index contributed by atoms with van der Waals surface area (Å²) < 4.78 is 55.3. The van der Waals surface area contributed by atoms with E-state index in [0.29, 0.717) is 22.3 Å². The van der Waals surface area contributed by atoms with Crippen LogP contribution in [0.5, 0.6) is 0 Å². The maximum absolute atomic E-state index is 13.9. The molecule has 4 aromatic carbocycles. The van der Waals surface area contributed by atoms with Crippen molar-refractivity contribution in [3.63, 3.8) is 0 Å². The van der Waals surface area contributed by atoms with Crippen molar-refractivity contribution in [3.05, 3.63) is 141 Å². The minimum atomic E-state index is -0.221. The van der Waals surface area contributed by atoms with Gasteiger partial charge in [-0.2, -0.15) is 21.0 Å². The van der Waals surface area contributed by atoms with E-state index in [4.69, 9.17) is 21.0 Å². The third-order valence-electron chi connectivity index (χ3n) is 19.3. The lowest BCUT2D eigenvalue weighted by molar-refractivity contribution is 0.248.